The molecule has 0 atom stereocenters. The fourth-order valence-electron chi connectivity index (χ4n) is 0.859. The molecule has 0 N–H and O–H groups in total. The van der Waals surface area contributed by atoms with E-state index in [9.17, 15) is 29.7 Å². The molecule has 0 bridgehead atoms. The Labute approximate surface area is 150 Å². The van der Waals surface area contributed by atoms with Gasteiger partial charge in [0.2, 0.25) is 0 Å². The van der Waals surface area contributed by atoms with Crippen LogP contribution in [0, 0.1) is 0 Å². The zero-order valence-corrected chi connectivity index (χ0v) is 17.1. The molecule has 22 heavy (non-hydrogen) atoms. The van der Waals surface area contributed by atoms with Gasteiger partial charge in [-0.05, 0) is 39.0 Å². The Morgan fingerprint density at radius 3 is 0.682 bits per heavy atom. The molecule has 0 aliphatic rings. The Morgan fingerprint density at radius 2 is 0.682 bits per heavy atom. The number of hydrogen-bond donors (Lipinski definition) is 0. The van der Waals surface area contributed by atoms with Crippen LogP contribution in [0.4, 0.5) is 0 Å². The molecule has 6 nitrogen and oxygen atoms in total. The maximum Gasteiger partial charge on any atom is 3.00 e. The predicted octanol–water partition coefficient (Wildman–Crippen LogP) is -0.862. The van der Waals surface area contributed by atoms with Gasteiger partial charge in [-0.15, -0.1) is 17.3 Å². The van der Waals surface area contributed by atoms with Crippen LogP contribution in [0.25, 0.3) is 0 Å². The average Bonchev–Trinajstić information content (AvgIpc) is 2.10. The molecule has 120 valence electrons. The first-order chi connectivity index (χ1) is 9.38. The van der Waals surface area contributed by atoms with Crippen molar-refractivity contribution >= 4 is 43.2 Å². The first kappa shape index (κ1) is 28.6. The largest absolute Gasteiger partial charge is 3.00 e. The number of carbonyl (C=O) groups is 3. The second-order valence-corrected chi connectivity index (χ2v) is 4.10. The van der Waals surface area contributed by atoms with Gasteiger partial charge in [0.15, 0.2) is 17.3 Å². The van der Waals surface area contributed by atoms with E-state index in [4.69, 9.17) is 0 Å². The molecule has 0 amide bonds. The van der Waals surface area contributed by atoms with Crippen molar-refractivity contribution in [3.63, 3.8) is 0 Å². The number of hydrogen-bond acceptors (Lipinski definition) is 6. The van der Waals surface area contributed by atoms with Crippen molar-refractivity contribution in [3.05, 3.63) is 35.5 Å². The standard InChI is InChI=1S/3C5H8O2.In/c3*1-4(6)3-5(2)7;/h3*3,6H,1-2H3;/q;;;+3/p-3/b2*4-3+;4-3-;. The zero-order chi connectivity index (χ0) is 17.6. The zero-order valence-electron chi connectivity index (χ0n) is 13.8. The first-order valence-corrected chi connectivity index (χ1v) is 5.96. The van der Waals surface area contributed by atoms with Crippen LogP contribution in [0.5, 0.6) is 0 Å². The van der Waals surface area contributed by atoms with Gasteiger partial charge >= 0.3 is 25.8 Å². The molecule has 0 saturated carbocycles. The van der Waals surface area contributed by atoms with E-state index in [0.717, 1.165) is 18.2 Å². The Morgan fingerprint density at radius 1 is 0.545 bits per heavy atom. The van der Waals surface area contributed by atoms with Crippen LogP contribution in [-0.4, -0.2) is 43.2 Å². The van der Waals surface area contributed by atoms with E-state index in [0.29, 0.717) is 0 Å². The molecule has 0 aromatic rings. The van der Waals surface area contributed by atoms with E-state index in [-0.39, 0.29) is 60.5 Å². The van der Waals surface area contributed by atoms with Crippen LogP contribution in [-0.2, 0) is 14.4 Å². The molecule has 0 spiro atoms. The van der Waals surface area contributed by atoms with Crippen LogP contribution < -0.4 is 15.3 Å². The molecule has 0 aromatic carbocycles. The first-order valence-electron chi connectivity index (χ1n) is 5.96. The summed E-state index contributed by atoms with van der Waals surface area (Å²) < 4.78 is 0. The maximum atomic E-state index is 9.98. The van der Waals surface area contributed by atoms with Gasteiger partial charge in [-0.2, -0.15) is 0 Å². The van der Waals surface area contributed by atoms with E-state index in [2.05, 4.69) is 0 Å². The Hall–Kier alpha value is -1.50. The molecule has 0 aliphatic carbocycles. The number of ketones is 3. The van der Waals surface area contributed by atoms with Crippen LogP contribution in [0.3, 0.4) is 0 Å². The summed E-state index contributed by atoms with van der Waals surface area (Å²) in [5.41, 5.74) is 0. The molecule has 0 heterocycles. The minimum Gasteiger partial charge on any atom is -0.876 e. The number of allylic oxidation sites excluding steroid dienone is 6. The molecule has 7 heteroatoms. The third-order valence-electron chi connectivity index (χ3n) is 1.22. The summed E-state index contributed by atoms with van der Waals surface area (Å²) in [5, 5.41) is 29.9. The molecule has 0 rings (SSSR count). The van der Waals surface area contributed by atoms with E-state index in [1.54, 1.807) is 0 Å². The van der Waals surface area contributed by atoms with Gasteiger partial charge in [0.1, 0.15) is 0 Å². The quantitative estimate of drug-likeness (QED) is 0.440. The van der Waals surface area contributed by atoms with Crippen molar-refractivity contribution < 1.29 is 29.7 Å². The van der Waals surface area contributed by atoms with Gasteiger partial charge < -0.3 is 15.3 Å². The number of carbonyl (C=O) groups excluding carboxylic acids is 3. The van der Waals surface area contributed by atoms with E-state index >= 15 is 0 Å². The third-order valence-corrected chi connectivity index (χ3v) is 1.22. The van der Waals surface area contributed by atoms with Crippen LogP contribution in [0.2, 0.25) is 0 Å². The average molecular weight is 412 g/mol. The van der Waals surface area contributed by atoms with Crippen molar-refractivity contribution in [2.24, 2.45) is 0 Å². The van der Waals surface area contributed by atoms with Crippen LogP contribution >= 0.6 is 0 Å². The molecular weight excluding hydrogens is 391 g/mol. The number of rotatable bonds is 3. The summed E-state index contributed by atoms with van der Waals surface area (Å²) in [7, 11) is 0. The fourth-order valence-corrected chi connectivity index (χ4v) is 0.859. The molecule has 0 aromatic heterocycles. The van der Waals surface area contributed by atoms with Gasteiger partial charge in [0.05, 0.1) is 0 Å². The smallest absolute Gasteiger partial charge is 0.876 e. The van der Waals surface area contributed by atoms with Crippen LogP contribution in [0.15, 0.2) is 35.5 Å². The van der Waals surface area contributed by atoms with Crippen molar-refractivity contribution in [1.29, 1.82) is 0 Å². The molecule has 0 unspecified atom stereocenters. The van der Waals surface area contributed by atoms with E-state index < -0.39 is 0 Å². The van der Waals surface area contributed by atoms with E-state index in [1.165, 1.54) is 41.5 Å². The van der Waals surface area contributed by atoms with Gasteiger partial charge in [-0.1, -0.05) is 20.8 Å². The van der Waals surface area contributed by atoms with Gasteiger partial charge in [0, 0.05) is 0 Å². The summed E-state index contributed by atoms with van der Waals surface area (Å²) in [6.07, 6.45) is 3.17. The maximum absolute atomic E-state index is 9.98. The second kappa shape index (κ2) is 17.6. The summed E-state index contributed by atoms with van der Waals surface area (Å²) in [4.78, 5) is 29.9. The normalized spacial score (nSPS) is 10.9. The van der Waals surface area contributed by atoms with E-state index in [1.807, 2.05) is 0 Å². The SMILES string of the molecule is CC(=O)/C=C(/C)[O-].CC(=O)/C=C(\C)[O-].CC(=O)/C=C(\C)[O-].[In+3]. The monoisotopic (exact) mass is 412 g/mol. The van der Waals surface area contributed by atoms with Crippen LogP contribution in [0.1, 0.15) is 41.5 Å². The fraction of sp³-hybridized carbons (Fsp3) is 0.400. The predicted molar refractivity (Wildman–Crippen MR) is 79.1 cm³/mol. The van der Waals surface area contributed by atoms with Gasteiger partial charge in [0.25, 0.3) is 0 Å². The second-order valence-electron chi connectivity index (χ2n) is 4.10. The summed E-state index contributed by atoms with van der Waals surface area (Å²) >= 11 is 0. The molecule has 0 saturated heterocycles. The molecule has 0 radical (unpaired) electrons. The molecule has 0 fully saturated rings. The minimum absolute atomic E-state index is 0. The molecule has 0 aliphatic heterocycles. The third kappa shape index (κ3) is 51.4. The summed E-state index contributed by atoms with van der Waals surface area (Å²) in [6, 6.07) is 0. The van der Waals surface area contributed by atoms with Crippen molar-refractivity contribution in [2.75, 3.05) is 0 Å². The van der Waals surface area contributed by atoms with Crippen molar-refractivity contribution in [1.82, 2.24) is 0 Å². The van der Waals surface area contributed by atoms with Gasteiger partial charge in [-0.3, -0.25) is 14.4 Å². The molecular formula is C15H21InO6. The summed E-state index contributed by atoms with van der Waals surface area (Å²) in [6.45, 7) is 8.09. The van der Waals surface area contributed by atoms with Crippen molar-refractivity contribution in [3.8, 4) is 0 Å². The topological polar surface area (TPSA) is 120 Å². The Kier molecular flexibility index (Phi) is 22.8. The van der Waals surface area contributed by atoms with Crippen molar-refractivity contribution in [2.45, 2.75) is 41.5 Å². The Balaban J connectivity index is -0.000000108. The Bertz CT molecular complexity index is 368. The minimum atomic E-state index is -0.187. The van der Waals surface area contributed by atoms with Gasteiger partial charge in [-0.25, -0.2) is 0 Å². The summed E-state index contributed by atoms with van der Waals surface area (Å²) in [5.74, 6) is -1.12.